The number of nitrogens with zero attached hydrogens (tertiary/aromatic N) is 2. The Morgan fingerprint density at radius 2 is 1.78 bits per heavy atom. The molecule has 0 N–H and O–H groups in total. The van der Waals surface area contributed by atoms with Crippen LogP contribution in [0.4, 0.5) is 24.5 Å². The summed E-state index contributed by atoms with van der Waals surface area (Å²) in [5.74, 6) is -0.486. The maximum atomic E-state index is 12.3. The van der Waals surface area contributed by atoms with E-state index in [2.05, 4.69) is 4.74 Å². The number of non-ortho nitro benzene ring substituents is 1. The Labute approximate surface area is 152 Å². The fraction of sp³-hybridized carbons (Fsp3) is 0.278. The van der Waals surface area contributed by atoms with Gasteiger partial charge in [-0.25, -0.2) is 0 Å². The Morgan fingerprint density at radius 3 is 2.37 bits per heavy atom. The van der Waals surface area contributed by atoms with Gasteiger partial charge >= 0.3 is 6.36 Å². The topological polar surface area (TPSA) is 72.7 Å². The number of alkyl halides is 3. The Balaban J connectivity index is 2.02. The monoisotopic (exact) mass is 380 g/mol. The minimum atomic E-state index is -4.81. The second-order valence-corrected chi connectivity index (χ2v) is 6.03. The average molecular weight is 380 g/mol. The number of amides is 1. The molecule has 0 spiro atoms. The lowest BCUT2D eigenvalue weighted by atomic mass is 10.00. The summed E-state index contributed by atoms with van der Waals surface area (Å²) in [5, 5.41) is 11.1. The van der Waals surface area contributed by atoms with Crippen molar-refractivity contribution in [3.63, 3.8) is 0 Å². The summed E-state index contributed by atoms with van der Waals surface area (Å²) in [4.78, 5) is 24.4. The molecule has 1 amide bonds. The highest BCUT2D eigenvalue weighted by Gasteiger charge is 2.31. The van der Waals surface area contributed by atoms with Crippen molar-refractivity contribution in [3.8, 4) is 16.9 Å². The van der Waals surface area contributed by atoms with Gasteiger partial charge in [0.15, 0.2) is 0 Å². The SMILES string of the molecule is O=C1CCCCN1c1ccc([N+](=O)[O-])cc1-c1ccc(OC(F)(F)F)cc1. The average Bonchev–Trinajstić information content (AvgIpc) is 2.61. The predicted octanol–water partition coefficient (Wildman–Crippen LogP) is 4.68. The Bertz CT molecular complexity index is 866. The Morgan fingerprint density at radius 1 is 1.07 bits per heavy atom. The summed E-state index contributed by atoms with van der Waals surface area (Å²) in [6.07, 6.45) is -2.84. The minimum Gasteiger partial charge on any atom is -0.406 e. The van der Waals surface area contributed by atoms with E-state index in [0.29, 0.717) is 29.8 Å². The normalized spacial score (nSPS) is 14.9. The summed E-state index contributed by atoms with van der Waals surface area (Å²) in [7, 11) is 0. The molecule has 0 bridgehead atoms. The van der Waals surface area contributed by atoms with Crippen LogP contribution in [0.3, 0.4) is 0 Å². The second kappa shape index (κ2) is 7.26. The number of piperidine rings is 1. The number of halogens is 3. The van der Waals surface area contributed by atoms with E-state index in [1.54, 1.807) is 4.90 Å². The van der Waals surface area contributed by atoms with E-state index >= 15 is 0 Å². The van der Waals surface area contributed by atoms with Crippen molar-refractivity contribution in [2.75, 3.05) is 11.4 Å². The van der Waals surface area contributed by atoms with Crippen LogP contribution >= 0.6 is 0 Å². The van der Waals surface area contributed by atoms with Crippen LogP contribution in [0.15, 0.2) is 42.5 Å². The van der Waals surface area contributed by atoms with E-state index in [1.807, 2.05) is 0 Å². The van der Waals surface area contributed by atoms with Crippen LogP contribution < -0.4 is 9.64 Å². The van der Waals surface area contributed by atoms with E-state index in [4.69, 9.17) is 0 Å². The Kier molecular flexibility index (Phi) is 5.02. The molecule has 142 valence electrons. The van der Waals surface area contributed by atoms with Gasteiger partial charge in [0.25, 0.3) is 5.69 Å². The zero-order valence-electron chi connectivity index (χ0n) is 14.0. The molecule has 1 aliphatic heterocycles. The number of anilines is 1. The summed E-state index contributed by atoms with van der Waals surface area (Å²) >= 11 is 0. The van der Waals surface area contributed by atoms with Crippen molar-refractivity contribution in [1.82, 2.24) is 0 Å². The van der Waals surface area contributed by atoms with Gasteiger partial charge in [0.05, 0.1) is 10.6 Å². The molecule has 6 nitrogen and oxygen atoms in total. The molecule has 0 aliphatic carbocycles. The van der Waals surface area contributed by atoms with Gasteiger partial charge in [0.1, 0.15) is 5.75 Å². The van der Waals surface area contributed by atoms with Gasteiger partial charge in [-0.15, -0.1) is 13.2 Å². The van der Waals surface area contributed by atoms with Gasteiger partial charge in [-0.05, 0) is 36.6 Å². The van der Waals surface area contributed by atoms with E-state index in [9.17, 15) is 28.1 Å². The van der Waals surface area contributed by atoms with Crippen LogP contribution in [-0.4, -0.2) is 23.7 Å². The first-order valence-electron chi connectivity index (χ1n) is 8.19. The number of nitro benzene ring substituents is 1. The van der Waals surface area contributed by atoms with Gasteiger partial charge in [0, 0.05) is 30.7 Å². The van der Waals surface area contributed by atoms with Crippen molar-refractivity contribution < 1.29 is 27.6 Å². The fourth-order valence-corrected chi connectivity index (χ4v) is 3.00. The van der Waals surface area contributed by atoms with Gasteiger partial charge in [-0.2, -0.15) is 0 Å². The zero-order valence-corrected chi connectivity index (χ0v) is 14.0. The molecular weight excluding hydrogens is 365 g/mol. The molecule has 1 saturated heterocycles. The number of hydrogen-bond acceptors (Lipinski definition) is 4. The van der Waals surface area contributed by atoms with Crippen LogP contribution in [0, 0.1) is 10.1 Å². The lowest BCUT2D eigenvalue weighted by Crippen LogP contribution is -2.35. The molecule has 0 radical (unpaired) electrons. The second-order valence-electron chi connectivity index (χ2n) is 6.03. The van der Waals surface area contributed by atoms with E-state index in [0.717, 1.165) is 25.0 Å². The molecule has 27 heavy (non-hydrogen) atoms. The van der Waals surface area contributed by atoms with Crippen LogP contribution in [-0.2, 0) is 4.79 Å². The number of carbonyl (C=O) groups excluding carboxylic acids is 1. The maximum Gasteiger partial charge on any atom is 0.573 e. The summed E-state index contributed by atoms with van der Waals surface area (Å²) < 4.78 is 40.8. The highest BCUT2D eigenvalue weighted by molar-refractivity contribution is 5.98. The number of rotatable bonds is 4. The highest BCUT2D eigenvalue weighted by atomic mass is 19.4. The first kappa shape index (κ1) is 18.7. The third kappa shape index (κ3) is 4.36. The molecule has 1 aliphatic rings. The molecule has 0 saturated carbocycles. The van der Waals surface area contributed by atoms with Gasteiger partial charge in [0.2, 0.25) is 5.91 Å². The van der Waals surface area contributed by atoms with Crippen molar-refractivity contribution in [3.05, 3.63) is 52.6 Å². The fourth-order valence-electron chi connectivity index (χ4n) is 3.00. The largest absolute Gasteiger partial charge is 0.573 e. The third-order valence-corrected chi connectivity index (χ3v) is 4.20. The third-order valence-electron chi connectivity index (χ3n) is 4.20. The van der Waals surface area contributed by atoms with Crippen LogP contribution in [0.2, 0.25) is 0 Å². The number of hydrogen-bond donors (Lipinski definition) is 0. The summed E-state index contributed by atoms with van der Waals surface area (Å²) in [6.45, 7) is 0.485. The molecule has 3 rings (SSSR count). The quantitative estimate of drug-likeness (QED) is 0.570. The molecule has 0 aromatic heterocycles. The van der Waals surface area contributed by atoms with Crippen LogP contribution in [0.5, 0.6) is 5.75 Å². The van der Waals surface area contributed by atoms with Crippen molar-refractivity contribution in [2.45, 2.75) is 25.6 Å². The maximum absolute atomic E-state index is 12.3. The van der Waals surface area contributed by atoms with E-state index in [1.165, 1.54) is 30.3 Å². The van der Waals surface area contributed by atoms with Crippen LogP contribution in [0.25, 0.3) is 11.1 Å². The van der Waals surface area contributed by atoms with Crippen LogP contribution in [0.1, 0.15) is 19.3 Å². The molecule has 0 unspecified atom stereocenters. The lowest BCUT2D eigenvalue weighted by molar-refractivity contribution is -0.384. The summed E-state index contributed by atoms with van der Waals surface area (Å²) in [6, 6.07) is 9.12. The first-order valence-corrected chi connectivity index (χ1v) is 8.19. The number of benzene rings is 2. The number of carbonyl (C=O) groups is 1. The molecule has 1 heterocycles. The molecule has 2 aromatic rings. The van der Waals surface area contributed by atoms with Crippen molar-refractivity contribution in [1.29, 1.82) is 0 Å². The minimum absolute atomic E-state index is 0.0895. The van der Waals surface area contributed by atoms with Gasteiger partial charge in [-0.3, -0.25) is 14.9 Å². The van der Waals surface area contributed by atoms with Gasteiger partial charge < -0.3 is 9.64 Å². The lowest BCUT2D eigenvalue weighted by Gasteiger charge is -2.28. The van der Waals surface area contributed by atoms with Gasteiger partial charge in [-0.1, -0.05) is 12.1 Å². The molecule has 1 fully saturated rings. The van der Waals surface area contributed by atoms with Crippen molar-refractivity contribution >= 4 is 17.3 Å². The molecule has 0 atom stereocenters. The van der Waals surface area contributed by atoms with E-state index < -0.39 is 17.0 Å². The predicted molar refractivity (Wildman–Crippen MR) is 91.4 cm³/mol. The summed E-state index contributed by atoms with van der Waals surface area (Å²) in [5.41, 5.74) is 1.17. The zero-order chi connectivity index (χ0) is 19.6. The smallest absolute Gasteiger partial charge is 0.406 e. The Hall–Kier alpha value is -3.10. The molecule has 9 heteroatoms. The highest BCUT2D eigenvalue weighted by Crippen LogP contribution is 2.37. The standard InChI is InChI=1S/C18H15F3N2O4/c19-18(20,21)27-14-7-4-12(5-8-14)15-11-13(23(25)26)6-9-16(15)22-10-2-1-3-17(22)24/h4-9,11H,1-3,10H2. The number of nitro groups is 1. The van der Waals surface area contributed by atoms with E-state index in [-0.39, 0.29) is 11.6 Å². The molecule has 2 aromatic carbocycles. The number of ether oxygens (including phenoxy) is 1. The molecular formula is C18H15F3N2O4. The first-order chi connectivity index (χ1) is 12.7. The van der Waals surface area contributed by atoms with Crippen molar-refractivity contribution in [2.24, 2.45) is 0 Å².